The van der Waals surface area contributed by atoms with Crippen molar-refractivity contribution < 1.29 is 9.18 Å². The molecule has 1 fully saturated rings. The molecule has 1 heterocycles. The number of carbonyl (C=O) groups is 1. The van der Waals surface area contributed by atoms with Crippen LogP contribution in [0.15, 0.2) is 24.3 Å². The van der Waals surface area contributed by atoms with Crippen molar-refractivity contribution in [2.45, 2.75) is 25.8 Å². The summed E-state index contributed by atoms with van der Waals surface area (Å²) in [5, 5.41) is 0. The third-order valence-electron chi connectivity index (χ3n) is 3.57. The summed E-state index contributed by atoms with van der Waals surface area (Å²) >= 11 is 0. The van der Waals surface area contributed by atoms with Crippen molar-refractivity contribution in [3.8, 4) is 0 Å². The minimum Gasteiger partial charge on any atom is -0.335 e. The van der Waals surface area contributed by atoms with E-state index in [1.54, 1.807) is 12.1 Å². The standard InChI is InChI=1S/C14H19FN2O/c1-10(9-16)14(18)17-8-2-3-13(17)11-4-6-12(15)7-5-11/h4-7,10,13H,2-3,8-9,16H2,1H3. The molecule has 2 atom stereocenters. The van der Waals surface area contributed by atoms with Crippen molar-refractivity contribution in [3.63, 3.8) is 0 Å². The normalized spacial score (nSPS) is 21.1. The summed E-state index contributed by atoms with van der Waals surface area (Å²) in [5.41, 5.74) is 6.55. The number of nitrogens with two attached hydrogens (primary N) is 1. The first-order chi connectivity index (χ1) is 8.63. The van der Waals surface area contributed by atoms with Crippen LogP contribution >= 0.6 is 0 Å². The number of nitrogens with zero attached hydrogens (tertiary/aromatic N) is 1. The van der Waals surface area contributed by atoms with E-state index in [4.69, 9.17) is 5.73 Å². The highest BCUT2D eigenvalue weighted by Gasteiger charge is 2.31. The second kappa shape index (κ2) is 5.48. The van der Waals surface area contributed by atoms with Gasteiger partial charge in [-0.3, -0.25) is 4.79 Å². The van der Waals surface area contributed by atoms with Gasteiger partial charge in [0.2, 0.25) is 5.91 Å². The number of amides is 1. The summed E-state index contributed by atoms with van der Waals surface area (Å²) < 4.78 is 12.9. The number of carbonyl (C=O) groups excluding carboxylic acids is 1. The molecule has 1 aromatic rings. The predicted octanol–water partition coefficient (Wildman–Crippen LogP) is 2.08. The van der Waals surface area contributed by atoms with Crippen LogP contribution in [-0.2, 0) is 4.79 Å². The molecule has 0 bridgehead atoms. The highest BCUT2D eigenvalue weighted by Crippen LogP contribution is 2.32. The van der Waals surface area contributed by atoms with Crippen LogP contribution < -0.4 is 5.73 Å². The van der Waals surface area contributed by atoms with Gasteiger partial charge in [-0.05, 0) is 30.5 Å². The van der Waals surface area contributed by atoms with Crippen molar-refractivity contribution in [1.82, 2.24) is 4.90 Å². The van der Waals surface area contributed by atoms with Crippen LogP contribution in [0, 0.1) is 11.7 Å². The van der Waals surface area contributed by atoms with E-state index in [0.29, 0.717) is 6.54 Å². The number of benzene rings is 1. The SMILES string of the molecule is CC(CN)C(=O)N1CCCC1c1ccc(F)cc1. The zero-order chi connectivity index (χ0) is 13.1. The maximum Gasteiger partial charge on any atom is 0.227 e. The lowest BCUT2D eigenvalue weighted by Crippen LogP contribution is -2.37. The molecule has 0 aliphatic carbocycles. The van der Waals surface area contributed by atoms with Crippen LogP contribution in [-0.4, -0.2) is 23.9 Å². The molecule has 2 rings (SSSR count). The van der Waals surface area contributed by atoms with Crippen molar-refractivity contribution in [2.24, 2.45) is 11.7 Å². The van der Waals surface area contributed by atoms with Gasteiger partial charge in [-0.25, -0.2) is 4.39 Å². The zero-order valence-electron chi connectivity index (χ0n) is 10.6. The van der Waals surface area contributed by atoms with Crippen LogP contribution in [0.1, 0.15) is 31.4 Å². The van der Waals surface area contributed by atoms with Gasteiger partial charge in [0, 0.05) is 19.0 Å². The zero-order valence-corrected chi connectivity index (χ0v) is 10.6. The third kappa shape index (κ3) is 2.53. The largest absolute Gasteiger partial charge is 0.335 e. The third-order valence-corrected chi connectivity index (χ3v) is 3.57. The fraction of sp³-hybridized carbons (Fsp3) is 0.500. The Labute approximate surface area is 107 Å². The molecule has 4 heteroatoms. The number of hydrogen-bond acceptors (Lipinski definition) is 2. The first kappa shape index (κ1) is 13.0. The fourth-order valence-corrected chi connectivity index (χ4v) is 2.45. The molecular weight excluding hydrogens is 231 g/mol. The molecule has 98 valence electrons. The summed E-state index contributed by atoms with van der Waals surface area (Å²) in [6.45, 7) is 2.99. The summed E-state index contributed by atoms with van der Waals surface area (Å²) in [7, 11) is 0. The van der Waals surface area contributed by atoms with E-state index in [-0.39, 0.29) is 23.7 Å². The minimum absolute atomic E-state index is 0.0760. The molecule has 1 aromatic carbocycles. The van der Waals surface area contributed by atoms with Crippen molar-refractivity contribution in [1.29, 1.82) is 0 Å². The lowest BCUT2D eigenvalue weighted by atomic mass is 10.0. The molecule has 0 spiro atoms. The molecule has 2 unspecified atom stereocenters. The van der Waals surface area contributed by atoms with Gasteiger partial charge in [0.25, 0.3) is 0 Å². The second-order valence-corrected chi connectivity index (χ2v) is 4.88. The average Bonchev–Trinajstić information content (AvgIpc) is 2.87. The van der Waals surface area contributed by atoms with Crippen molar-refractivity contribution in [2.75, 3.05) is 13.1 Å². The molecule has 1 saturated heterocycles. The van der Waals surface area contributed by atoms with E-state index in [1.165, 1.54) is 12.1 Å². The Morgan fingerprint density at radius 2 is 2.17 bits per heavy atom. The van der Waals surface area contributed by atoms with Gasteiger partial charge in [0.1, 0.15) is 5.82 Å². The van der Waals surface area contributed by atoms with Gasteiger partial charge in [0.05, 0.1) is 6.04 Å². The summed E-state index contributed by atoms with van der Waals surface area (Å²) in [6.07, 6.45) is 1.93. The number of rotatable bonds is 3. The van der Waals surface area contributed by atoms with E-state index in [2.05, 4.69) is 0 Å². The Hall–Kier alpha value is -1.42. The Kier molecular flexibility index (Phi) is 3.97. The van der Waals surface area contributed by atoms with Crippen LogP contribution in [0.4, 0.5) is 4.39 Å². The smallest absolute Gasteiger partial charge is 0.227 e. The Morgan fingerprint density at radius 1 is 1.50 bits per heavy atom. The van der Waals surface area contributed by atoms with E-state index in [1.807, 2.05) is 11.8 Å². The van der Waals surface area contributed by atoms with Gasteiger partial charge >= 0.3 is 0 Å². The quantitative estimate of drug-likeness (QED) is 0.892. The lowest BCUT2D eigenvalue weighted by Gasteiger charge is -2.27. The maximum atomic E-state index is 12.9. The molecule has 0 saturated carbocycles. The highest BCUT2D eigenvalue weighted by molar-refractivity contribution is 5.79. The van der Waals surface area contributed by atoms with Gasteiger partial charge in [-0.15, -0.1) is 0 Å². The molecule has 3 nitrogen and oxygen atoms in total. The van der Waals surface area contributed by atoms with Crippen LogP contribution in [0.2, 0.25) is 0 Å². The number of hydrogen-bond donors (Lipinski definition) is 1. The minimum atomic E-state index is -0.245. The molecule has 0 radical (unpaired) electrons. The maximum absolute atomic E-state index is 12.9. The molecule has 0 aromatic heterocycles. The van der Waals surface area contributed by atoms with Crippen LogP contribution in [0.5, 0.6) is 0 Å². The molecule has 18 heavy (non-hydrogen) atoms. The fourth-order valence-electron chi connectivity index (χ4n) is 2.45. The van der Waals surface area contributed by atoms with Crippen molar-refractivity contribution >= 4 is 5.91 Å². The lowest BCUT2D eigenvalue weighted by molar-refractivity contribution is -0.135. The molecule has 2 N–H and O–H groups in total. The van der Waals surface area contributed by atoms with Gasteiger partial charge < -0.3 is 10.6 Å². The summed E-state index contributed by atoms with van der Waals surface area (Å²) in [6, 6.07) is 6.50. The van der Waals surface area contributed by atoms with Gasteiger partial charge in [-0.2, -0.15) is 0 Å². The molecule has 1 aliphatic heterocycles. The number of likely N-dealkylation sites (tertiary alicyclic amines) is 1. The van der Waals surface area contributed by atoms with E-state index < -0.39 is 0 Å². The van der Waals surface area contributed by atoms with Crippen LogP contribution in [0.3, 0.4) is 0 Å². The average molecular weight is 250 g/mol. The Bertz CT molecular complexity index is 418. The first-order valence-electron chi connectivity index (χ1n) is 6.39. The highest BCUT2D eigenvalue weighted by atomic mass is 19.1. The van der Waals surface area contributed by atoms with Crippen LogP contribution in [0.25, 0.3) is 0 Å². The van der Waals surface area contributed by atoms with E-state index in [9.17, 15) is 9.18 Å². The summed E-state index contributed by atoms with van der Waals surface area (Å²) in [4.78, 5) is 14.1. The monoisotopic (exact) mass is 250 g/mol. The molecule has 1 aliphatic rings. The predicted molar refractivity (Wildman–Crippen MR) is 68.3 cm³/mol. The molecule has 1 amide bonds. The van der Waals surface area contributed by atoms with E-state index >= 15 is 0 Å². The van der Waals surface area contributed by atoms with Gasteiger partial charge in [0.15, 0.2) is 0 Å². The van der Waals surface area contributed by atoms with Gasteiger partial charge in [-0.1, -0.05) is 19.1 Å². The van der Waals surface area contributed by atoms with Crippen molar-refractivity contribution in [3.05, 3.63) is 35.6 Å². The second-order valence-electron chi connectivity index (χ2n) is 4.88. The Morgan fingerprint density at radius 3 is 2.78 bits per heavy atom. The first-order valence-corrected chi connectivity index (χ1v) is 6.39. The van der Waals surface area contributed by atoms with E-state index in [0.717, 1.165) is 24.9 Å². The number of halogens is 1. The Balaban J connectivity index is 2.17. The molecular formula is C14H19FN2O. The topological polar surface area (TPSA) is 46.3 Å². The summed E-state index contributed by atoms with van der Waals surface area (Å²) in [5.74, 6) is -0.291.